The predicted octanol–water partition coefficient (Wildman–Crippen LogP) is 3.33. The van der Waals surface area contributed by atoms with Gasteiger partial charge in [-0.25, -0.2) is 13.1 Å². The molecular formula is C11H10Br2N2O2S2. The Kier molecular flexibility index (Phi) is 4.67. The van der Waals surface area contributed by atoms with Gasteiger partial charge in [-0.15, -0.1) is 11.3 Å². The maximum Gasteiger partial charge on any atom is 0.243 e. The van der Waals surface area contributed by atoms with Crippen LogP contribution < -0.4 is 10.5 Å². The van der Waals surface area contributed by atoms with Crippen LogP contribution in [-0.4, -0.2) is 8.42 Å². The van der Waals surface area contributed by atoms with Crippen LogP contribution >= 0.6 is 43.2 Å². The summed E-state index contributed by atoms with van der Waals surface area (Å²) in [5.74, 6) is 0. The Bertz CT molecular complexity index is 662. The molecule has 19 heavy (non-hydrogen) atoms. The smallest absolute Gasteiger partial charge is 0.243 e. The second kappa shape index (κ2) is 5.92. The molecule has 0 saturated heterocycles. The number of nitrogens with two attached hydrogens (primary N) is 1. The normalized spacial score (nSPS) is 11.7. The van der Waals surface area contributed by atoms with Gasteiger partial charge in [-0.2, -0.15) is 0 Å². The van der Waals surface area contributed by atoms with Gasteiger partial charge in [0.1, 0.15) is 4.90 Å². The first-order valence-corrected chi connectivity index (χ1v) is 9.11. The fourth-order valence-corrected chi connectivity index (χ4v) is 5.85. The third-order valence-electron chi connectivity index (χ3n) is 2.31. The molecule has 0 radical (unpaired) electrons. The number of hydrogen-bond acceptors (Lipinski definition) is 4. The maximum atomic E-state index is 12.3. The van der Waals surface area contributed by atoms with Crippen LogP contribution in [-0.2, 0) is 16.6 Å². The molecule has 0 atom stereocenters. The highest BCUT2D eigenvalue weighted by Gasteiger charge is 2.21. The Hall–Kier alpha value is -0.410. The minimum Gasteiger partial charge on any atom is -0.399 e. The van der Waals surface area contributed by atoms with Crippen LogP contribution in [0.2, 0.25) is 0 Å². The molecule has 0 aliphatic carbocycles. The minimum atomic E-state index is -3.61. The maximum absolute atomic E-state index is 12.3. The predicted molar refractivity (Wildman–Crippen MR) is 84.6 cm³/mol. The summed E-state index contributed by atoms with van der Waals surface area (Å²) < 4.78 is 28.0. The SMILES string of the molecule is Nc1cc(Br)c(S(=O)(=O)NCc2cccs2)c(Br)c1. The highest BCUT2D eigenvalue weighted by molar-refractivity contribution is 9.11. The van der Waals surface area contributed by atoms with Crippen LogP contribution in [0.15, 0.2) is 43.5 Å². The zero-order chi connectivity index (χ0) is 14.0. The van der Waals surface area contributed by atoms with Crippen molar-refractivity contribution in [2.75, 3.05) is 5.73 Å². The van der Waals surface area contributed by atoms with Crippen molar-refractivity contribution < 1.29 is 8.42 Å². The van der Waals surface area contributed by atoms with E-state index >= 15 is 0 Å². The highest BCUT2D eigenvalue weighted by atomic mass is 79.9. The van der Waals surface area contributed by atoms with E-state index in [-0.39, 0.29) is 11.4 Å². The van der Waals surface area contributed by atoms with Crippen molar-refractivity contribution in [3.8, 4) is 0 Å². The molecule has 1 heterocycles. The molecule has 1 aromatic carbocycles. The van der Waals surface area contributed by atoms with Gasteiger partial charge in [0.25, 0.3) is 0 Å². The average Bonchev–Trinajstić information content (AvgIpc) is 2.77. The molecule has 4 nitrogen and oxygen atoms in total. The van der Waals surface area contributed by atoms with Crippen molar-refractivity contribution in [1.82, 2.24) is 4.72 Å². The van der Waals surface area contributed by atoms with E-state index in [1.165, 1.54) is 11.3 Å². The van der Waals surface area contributed by atoms with Gasteiger partial charge in [0.05, 0.1) is 0 Å². The van der Waals surface area contributed by atoms with E-state index in [1.807, 2.05) is 17.5 Å². The van der Waals surface area contributed by atoms with E-state index in [0.29, 0.717) is 14.6 Å². The lowest BCUT2D eigenvalue weighted by Gasteiger charge is -2.10. The van der Waals surface area contributed by atoms with Gasteiger partial charge in [0.15, 0.2) is 0 Å². The second-order valence-electron chi connectivity index (χ2n) is 3.72. The number of rotatable bonds is 4. The lowest BCUT2D eigenvalue weighted by molar-refractivity contribution is 0.581. The molecule has 0 unspecified atom stereocenters. The Morgan fingerprint density at radius 2 is 1.89 bits per heavy atom. The van der Waals surface area contributed by atoms with Crippen LogP contribution in [0, 0.1) is 0 Å². The number of nitrogen functional groups attached to an aromatic ring is 1. The minimum absolute atomic E-state index is 0.151. The van der Waals surface area contributed by atoms with Crippen LogP contribution in [0.25, 0.3) is 0 Å². The van der Waals surface area contributed by atoms with Crippen molar-refractivity contribution in [2.45, 2.75) is 11.4 Å². The lowest BCUT2D eigenvalue weighted by atomic mass is 10.3. The first kappa shape index (κ1) is 15.0. The van der Waals surface area contributed by atoms with Crippen molar-refractivity contribution in [2.24, 2.45) is 0 Å². The van der Waals surface area contributed by atoms with Crippen LogP contribution in [0.4, 0.5) is 5.69 Å². The zero-order valence-corrected chi connectivity index (χ0v) is 14.4. The fraction of sp³-hybridized carbons (Fsp3) is 0.0909. The summed E-state index contributed by atoms with van der Waals surface area (Å²) in [4.78, 5) is 1.10. The van der Waals surface area contributed by atoms with Gasteiger partial charge in [-0.3, -0.25) is 0 Å². The Balaban J connectivity index is 2.29. The average molecular weight is 426 g/mol. The van der Waals surface area contributed by atoms with Gasteiger partial charge in [0, 0.05) is 26.1 Å². The van der Waals surface area contributed by atoms with E-state index in [9.17, 15) is 8.42 Å². The van der Waals surface area contributed by atoms with E-state index in [4.69, 9.17) is 5.73 Å². The molecule has 3 N–H and O–H groups in total. The first-order valence-electron chi connectivity index (χ1n) is 5.17. The number of halogens is 2. The van der Waals surface area contributed by atoms with E-state index in [1.54, 1.807) is 12.1 Å². The molecule has 8 heteroatoms. The summed E-state index contributed by atoms with van der Waals surface area (Å²) in [5, 5.41) is 1.90. The molecule has 2 rings (SSSR count). The number of hydrogen-bond donors (Lipinski definition) is 2. The molecule has 0 aliphatic rings. The summed E-state index contributed by atoms with van der Waals surface area (Å²) in [6.45, 7) is 0.267. The molecule has 0 aliphatic heterocycles. The lowest BCUT2D eigenvalue weighted by Crippen LogP contribution is -2.23. The van der Waals surface area contributed by atoms with E-state index in [0.717, 1.165) is 4.88 Å². The molecule has 1 aromatic heterocycles. The molecule has 0 amide bonds. The summed E-state index contributed by atoms with van der Waals surface area (Å²) >= 11 is 7.95. The first-order chi connectivity index (χ1) is 8.90. The number of benzene rings is 1. The summed E-state index contributed by atoms with van der Waals surface area (Å²) in [7, 11) is -3.61. The van der Waals surface area contributed by atoms with E-state index in [2.05, 4.69) is 36.6 Å². The Morgan fingerprint density at radius 3 is 2.42 bits per heavy atom. The summed E-state index contributed by atoms with van der Waals surface area (Å²) in [6.07, 6.45) is 0. The van der Waals surface area contributed by atoms with Crippen molar-refractivity contribution in [1.29, 1.82) is 0 Å². The molecule has 2 aromatic rings. The summed E-state index contributed by atoms with van der Waals surface area (Å²) in [5.41, 5.74) is 6.13. The topological polar surface area (TPSA) is 72.2 Å². The number of sulfonamides is 1. The zero-order valence-electron chi connectivity index (χ0n) is 9.56. The Labute approximate surface area is 132 Å². The number of nitrogens with one attached hydrogen (secondary N) is 1. The van der Waals surface area contributed by atoms with Crippen molar-refractivity contribution in [3.63, 3.8) is 0 Å². The van der Waals surface area contributed by atoms with Gasteiger partial charge < -0.3 is 5.73 Å². The Morgan fingerprint density at radius 1 is 1.26 bits per heavy atom. The second-order valence-corrected chi connectivity index (χ2v) is 8.16. The van der Waals surface area contributed by atoms with Gasteiger partial charge >= 0.3 is 0 Å². The van der Waals surface area contributed by atoms with Gasteiger partial charge in [-0.05, 0) is 55.4 Å². The molecule has 102 valence electrons. The van der Waals surface area contributed by atoms with Crippen LogP contribution in [0.1, 0.15) is 4.88 Å². The highest BCUT2D eigenvalue weighted by Crippen LogP contribution is 2.32. The monoisotopic (exact) mass is 424 g/mol. The third kappa shape index (κ3) is 3.57. The fourth-order valence-electron chi connectivity index (χ4n) is 1.49. The molecule has 0 spiro atoms. The largest absolute Gasteiger partial charge is 0.399 e. The summed E-state index contributed by atoms with van der Waals surface area (Å²) in [6, 6.07) is 6.87. The molecule has 0 fully saturated rings. The van der Waals surface area contributed by atoms with Crippen LogP contribution in [0.3, 0.4) is 0 Å². The standard InChI is InChI=1S/C11H10Br2N2O2S2/c12-9-4-7(14)5-10(13)11(9)19(16,17)15-6-8-2-1-3-18-8/h1-5,15H,6,14H2. The third-order valence-corrected chi connectivity index (χ3v) is 6.46. The van der Waals surface area contributed by atoms with Crippen LogP contribution in [0.5, 0.6) is 0 Å². The van der Waals surface area contributed by atoms with Gasteiger partial charge in [0.2, 0.25) is 10.0 Å². The van der Waals surface area contributed by atoms with E-state index < -0.39 is 10.0 Å². The number of thiophene rings is 1. The molecular weight excluding hydrogens is 416 g/mol. The molecule has 0 bridgehead atoms. The van der Waals surface area contributed by atoms with Gasteiger partial charge in [-0.1, -0.05) is 6.07 Å². The quantitative estimate of drug-likeness (QED) is 0.737. The van der Waals surface area contributed by atoms with Crippen molar-refractivity contribution in [3.05, 3.63) is 43.5 Å². The number of anilines is 1. The molecule has 0 saturated carbocycles. The van der Waals surface area contributed by atoms with Crippen molar-refractivity contribution >= 4 is 58.9 Å².